The van der Waals surface area contributed by atoms with Gasteiger partial charge in [0.25, 0.3) is 11.1 Å². The third-order valence-corrected chi connectivity index (χ3v) is 5.79. The molecule has 2 unspecified atom stereocenters. The van der Waals surface area contributed by atoms with Gasteiger partial charge in [0, 0.05) is 32.3 Å². The van der Waals surface area contributed by atoms with E-state index in [9.17, 15) is 14.4 Å². The molecule has 4 rings (SSSR count). The number of aromatic nitrogens is 2. The molecule has 2 aliphatic rings. The number of hydrogen-bond acceptors (Lipinski definition) is 5. The smallest absolute Gasteiger partial charge is 0.293 e. The van der Waals surface area contributed by atoms with Crippen molar-refractivity contribution in [2.24, 2.45) is 13.0 Å². The van der Waals surface area contributed by atoms with E-state index in [1.165, 1.54) is 4.90 Å². The molecular weight excluding hydrogens is 376 g/mol. The summed E-state index contributed by atoms with van der Waals surface area (Å²) < 4.78 is 1.73. The Morgan fingerprint density at radius 2 is 2.11 bits per heavy atom. The number of thioether (sulfide) groups is 1. The number of nitrogens with one attached hydrogen (secondary N) is 1. The average molecular weight is 396 g/mol. The fraction of sp³-hybridized carbons (Fsp3) is 0.300. The summed E-state index contributed by atoms with van der Waals surface area (Å²) >= 11 is 0.931. The van der Waals surface area contributed by atoms with Crippen LogP contribution in [0.25, 0.3) is 6.08 Å². The minimum atomic E-state index is -0.312. The highest BCUT2D eigenvalue weighted by molar-refractivity contribution is 8.18. The predicted octanol–water partition coefficient (Wildman–Crippen LogP) is 2.38. The van der Waals surface area contributed by atoms with Crippen LogP contribution in [0.1, 0.15) is 23.5 Å². The molecule has 8 heteroatoms. The molecule has 2 heterocycles. The van der Waals surface area contributed by atoms with Crippen molar-refractivity contribution in [3.63, 3.8) is 0 Å². The Kier molecular flexibility index (Phi) is 5.04. The van der Waals surface area contributed by atoms with Crippen molar-refractivity contribution in [3.05, 3.63) is 58.8 Å². The van der Waals surface area contributed by atoms with Gasteiger partial charge in [-0.1, -0.05) is 30.3 Å². The Bertz CT molecular complexity index is 953. The first kappa shape index (κ1) is 18.5. The van der Waals surface area contributed by atoms with Crippen LogP contribution in [0.3, 0.4) is 0 Å². The van der Waals surface area contributed by atoms with Crippen molar-refractivity contribution >= 4 is 34.9 Å². The van der Waals surface area contributed by atoms with E-state index in [0.717, 1.165) is 29.3 Å². The van der Waals surface area contributed by atoms with Crippen LogP contribution >= 0.6 is 11.8 Å². The first-order valence-electron chi connectivity index (χ1n) is 9.09. The van der Waals surface area contributed by atoms with Crippen LogP contribution in [0, 0.1) is 5.92 Å². The third-order valence-electron chi connectivity index (χ3n) is 4.89. The zero-order valence-corrected chi connectivity index (χ0v) is 16.2. The molecular formula is C20H20N4O3S. The molecule has 1 aromatic carbocycles. The normalized spacial score (nSPS) is 22.8. The molecule has 0 bridgehead atoms. The molecule has 1 saturated heterocycles. The van der Waals surface area contributed by atoms with Crippen molar-refractivity contribution in [2.75, 3.05) is 13.1 Å². The van der Waals surface area contributed by atoms with Crippen LogP contribution in [-0.2, 0) is 16.6 Å². The van der Waals surface area contributed by atoms with Crippen molar-refractivity contribution in [3.8, 4) is 0 Å². The number of rotatable bonds is 6. The maximum Gasteiger partial charge on any atom is 0.293 e. The molecule has 2 atom stereocenters. The number of nitrogens with zero attached hydrogens (tertiary/aromatic N) is 3. The lowest BCUT2D eigenvalue weighted by atomic mass is 10.2. The van der Waals surface area contributed by atoms with Crippen molar-refractivity contribution in [1.82, 2.24) is 20.0 Å². The van der Waals surface area contributed by atoms with E-state index in [1.54, 1.807) is 17.0 Å². The predicted molar refractivity (Wildman–Crippen MR) is 106 cm³/mol. The van der Waals surface area contributed by atoms with Gasteiger partial charge in [0.15, 0.2) is 0 Å². The summed E-state index contributed by atoms with van der Waals surface area (Å²) in [6.45, 7) is 0.429. The Morgan fingerprint density at radius 3 is 2.82 bits per heavy atom. The van der Waals surface area contributed by atoms with Gasteiger partial charge in [-0.05, 0) is 41.3 Å². The van der Waals surface area contributed by atoms with E-state index in [-0.39, 0.29) is 42.0 Å². The fourth-order valence-electron chi connectivity index (χ4n) is 3.30. The highest BCUT2D eigenvalue weighted by atomic mass is 32.2. The van der Waals surface area contributed by atoms with Crippen LogP contribution in [-0.4, -0.2) is 44.8 Å². The molecule has 1 aromatic heterocycles. The Balaban J connectivity index is 1.28. The number of carbonyl (C=O) groups excluding carboxylic acids is 3. The number of aryl methyl sites for hydroxylation is 1. The summed E-state index contributed by atoms with van der Waals surface area (Å²) in [6, 6.07) is 9.40. The van der Waals surface area contributed by atoms with Crippen LogP contribution < -0.4 is 5.32 Å². The number of benzene rings is 1. The average Bonchev–Trinajstić information content (AvgIpc) is 3.31. The Hall–Kier alpha value is -2.87. The van der Waals surface area contributed by atoms with Gasteiger partial charge in [0.2, 0.25) is 5.91 Å². The summed E-state index contributed by atoms with van der Waals surface area (Å²) in [5, 5.41) is 6.67. The highest BCUT2D eigenvalue weighted by Gasteiger charge is 2.44. The molecule has 2 aromatic rings. The summed E-state index contributed by atoms with van der Waals surface area (Å²) in [7, 11) is 1.85. The van der Waals surface area contributed by atoms with Crippen LogP contribution in [0.5, 0.6) is 0 Å². The van der Waals surface area contributed by atoms with Gasteiger partial charge in [-0.3, -0.25) is 24.0 Å². The van der Waals surface area contributed by atoms with E-state index in [4.69, 9.17) is 0 Å². The third kappa shape index (κ3) is 3.87. The minimum Gasteiger partial charge on any atom is -0.354 e. The number of hydrogen-bond donors (Lipinski definition) is 1. The van der Waals surface area contributed by atoms with E-state index >= 15 is 0 Å². The molecule has 1 saturated carbocycles. The summed E-state index contributed by atoms with van der Waals surface area (Å²) in [5.74, 6) is -0.203. The van der Waals surface area contributed by atoms with E-state index in [2.05, 4.69) is 10.4 Å². The second-order valence-electron chi connectivity index (χ2n) is 6.93. The topological polar surface area (TPSA) is 84.3 Å². The van der Waals surface area contributed by atoms with Crippen LogP contribution in [0.2, 0.25) is 0 Å². The lowest BCUT2D eigenvalue weighted by molar-refractivity contribution is -0.124. The van der Waals surface area contributed by atoms with Crippen molar-refractivity contribution in [1.29, 1.82) is 0 Å². The molecule has 0 spiro atoms. The maximum absolute atomic E-state index is 12.5. The van der Waals surface area contributed by atoms with Crippen LogP contribution in [0.4, 0.5) is 4.79 Å². The number of imide groups is 1. The number of carbonyl (C=O) groups is 3. The Labute approximate surface area is 166 Å². The minimum absolute atomic E-state index is 0.0411. The van der Waals surface area contributed by atoms with Gasteiger partial charge < -0.3 is 5.32 Å². The van der Waals surface area contributed by atoms with Crippen molar-refractivity contribution in [2.45, 2.75) is 12.3 Å². The first-order valence-corrected chi connectivity index (χ1v) is 9.91. The van der Waals surface area contributed by atoms with Gasteiger partial charge in [0.05, 0.1) is 11.1 Å². The first-order chi connectivity index (χ1) is 13.5. The molecule has 144 valence electrons. The summed E-state index contributed by atoms with van der Waals surface area (Å²) in [4.78, 5) is 38.5. The van der Waals surface area contributed by atoms with Gasteiger partial charge >= 0.3 is 0 Å². The molecule has 3 amide bonds. The molecule has 0 radical (unpaired) electrons. The summed E-state index contributed by atoms with van der Waals surface area (Å²) in [5.41, 5.74) is 1.94. The SMILES string of the molecule is Cn1cc(C2CC2C(=O)NCCN2C(=O)S/C(=C/c3ccccc3)C2=O)cn1. The number of amides is 3. The largest absolute Gasteiger partial charge is 0.354 e. The van der Waals surface area contributed by atoms with E-state index in [0.29, 0.717) is 4.91 Å². The molecule has 28 heavy (non-hydrogen) atoms. The van der Waals surface area contributed by atoms with Gasteiger partial charge in [-0.25, -0.2) is 0 Å². The standard InChI is InChI=1S/C20H20N4O3S/c1-23-12-14(11-22-23)15-10-16(15)18(25)21-7-8-24-19(26)17(28-20(24)27)9-13-5-3-2-4-6-13/h2-6,9,11-12,15-16H,7-8,10H2,1H3,(H,21,25)/b17-9+. The van der Waals surface area contributed by atoms with E-state index < -0.39 is 0 Å². The van der Waals surface area contributed by atoms with Gasteiger partial charge in [-0.15, -0.1) is 0 Å². The molecule has 1 aliphatic carbocycles. The molecule has 1 N–H and O–H groups in total. The maximum atomic E-state index is 12.5. The molecule has 7 nitrogen and oxygen atoms in total. The second kappa shape index (κ2) is 7.63. The van der Waals surface area contributed by atoms with Gasteiger partial charge in [0.1, 0.15) is 0 Å². The quantitative estimate of drug-likeness (QED) is 0.758. The highest BCUT2D eigenvalue weighted by Crippen LogP contribution is 2.47. The monoisotopic (exact) mass is 396 g/mol. The zero-order valence-electron chi connectivity index (χ0n) is 15.4. The molecule has 1 aliphatic heterocycles. The van der Waals surface area contributed by atoms with Crippen LogP contribution in [0.15, 0.2) is 47.6 Å². The second-order valence-corrected chi connectivity index (χ2v) is 7.92. The lowest BCUT2D eigenvalue weighted by Crippen LogP contribution is -2.37. The zero-order chi connectivity index (χ0) is 19.7. The Morgan fingerprint density at radius 1 is 1.32 bits per heavy atom. The van der Waals surface area contributed by atoms with Gasteiger partial charge in [-0.2, -0.15) is 5.10 Å². The van der Waals surface area contributed by atoms with E-state index in [1.807, 2.05) is 43.6 Å². The molecule has 2 fully saturated rings. The van der Waals surface area contributed by atoms with Crippen molar-refractivity contribution < 1.29 is 14.4 Å². The summed E-state index contributed by atoms with van der Waals surface area (Å²) in [6.07, 6.45) is 6.24. The fourth-order valence-corrected chi connectivity index (χ4v) is 4.17. The lowest BCUT2D eigenvalue weighted by Gasteiger charge is -2.13.